The van der Waals surface area contributed by atoms with Gasteiger partial charge in [0.05, 0.1) is 6.10 Å². The third kappa shape index (κ3) is 1.42. The lowest BCUT2D eigenvalue weighted by atomic mass is 9.95. The van der Waals surface area contributed by atoms with E-state index in [1.54, 1.807) is 0 Å². The Kier molecular flexibility index (Phi) is 2.14. The van der Waals surface area contributed by atoms with Gasteiger partial charge >= 0.3 is 0 Å². The molecule has 2 aliphatic rings. The van der Waals surface area contributed by atoms with E-state index in [1.165, 1.54) is 25.7 Å². The summed E-state index contributed by atoms with van der Waals surface area (Å²) in [6.07, 6.45) is 6.93. The van der Waals surface area contributed by atoms with Crippen LogP contribution in [0.15, 0.2) is 0 Å². The first kappa shape index (κ1) is 7.56. The molecule has 64 valence electrons. The minimum absolute atomic E-state index is 0.332. The second-order valence-electron chi connectivity index (χ2n) is 3.83. The van der Waals surface area contributed by atoms with E-state index < -0.39 is 0 Å². The van der Waals surface area contributed by atoms with Crippen molar-refractivity contribution < 1.29 is 4.74 Å². The zero-order valence-corrected chi connectivity index (χ0v) is 6.96. The smallest absolute Gasteiger partial charge is 0.0754 e. The fraction of sp³-hybridized carbons (Fsp3) is 1.00. The molecule has 1 saturated carbocycles. The summed E-state index contributed by atoms with van der Waals surface area (Å²) in [6, 6.07) is 0.332. The molecule has 1 aliphatic heterocycles. The number of ether oxygens (including phenoxy) is 1. The topological polar surface area (TPSA) is 35.2 Å². The zero-order valence-electron chi connectivity index (χ0n) is 6.96. The Hall–Kier alpha value is -0.0800. The average Bonchev–Trinajstić information content (AvgIpc) is 2.55. The highest BCUT2D eigenvalue weighted by molar-refractivity contribution is 4.87. The molecule has 2 atom stereocenters. The van der Waals surface area contributed by atoms with E-state index in [1.807, 2.05) is 0 Å². The summed E-state index contributed by atoms with van der Waals surface area (Å²) in [5.74, 6) is 0.785. The molecule has 2 unspecified atom stereocenters. The first-order valence-electron chi connectivity index (χ1n) is 4.75. The van der Waals surface area contributed by atoms with Crippen molar-refractivity contribution >= 4 is 0 Å². The van der Waals surface area contributed by atoms with Crippen LogP contribution in [-0.2, 0) is 4.74 Å². The van der Waals surface area contributed by atoms with Gasteiger partial charge in [-0.25, -0.2) is 0 Å². The summed E-state index contributed by atoms with van der Waals surface area (Å²) in [7, 11) is 0. The van der Waals surface area contributed by atoms with Crippen molar-refractivity contribution in [1.82, 2.24) is 0 Å². The van der Waals surface area contributed by atoms with Gasteiger partial charge in [0.2, 0.25) is 0 Å². The van der Waals surface area contributed by atoms with Crippen molar-refractivity contribution in [2.24, 2.45) is 11.7 Å². The summed E-state index contributed by atoms with van der Waals surface area (Å²) in [5.41, 5.74) is 5.93. The lowest BCUT2D eigenvalue weighted by Gasteiger charge is -2.20. The summed E-state index contributed by atoms with van der Waals surface area (Å²) in [6.45, 7) is 0.891. The standard InChI is InChI=1S/C9H17NO/c10-8-5-6-11-9(8)7-3-1-2-4-7/h7-9H,1-6,10H2. The molecule has 0 aromatic rings. The molecule has 0 spiro atoms. The van der Waals surface area contributed by atoms with E-state index in [0.29, 0.717) is 12.1 Å². The van der Waals surface area contributed by atoms with Crippen LogP contribution in [-0.4, -0.2) is 18.8 Å². The van der Waals surface area contributed by atoms with Crippen molar-refractivity contribution in [3.8, 4) is 0 Å². The van der Waals surface area contributed by atoms with Crippen LogP contribution in [0.4, 0.5) is 0 Å². The zero-order chi connectivity index (χ0) is 7.68. The Morgan fingerprint density at radius 2 is 1.82 bits per heavy atom. The van der Waals surface area contributed by atoms with E-state index in [2.05, 4.69) is 0 Å². The van der Waals surface area contributed by atoms with Crippen LogP contribution in [0.2, 0.25) is 0 Å². The Morgan fingerprint density at radius 3 is 2.36 bits per heavy atom. The lowest BCUT2D eigenvalue weighted by molar-refractivity contribution is 0.0583. The fourth-order valence-electron chi connectivity index (χ4n) is 2.40. The molecule has 0 aromatic carbocycles. The number of nitrogens with two attached hydrogens (primary N) is 1. The minimum Gasteiger partial charge on any atom is -0.376 e. The summed E-state index contributed by atoms with van der Waals surface area (Å²) in [5, 5.41) is 0. The second-order valence-corrected chi connectivity index (χ2v) is 3.83. The van der Waals surface area contributed by atoms with E-state index in [9.17, 15) is 0 Å². The molecule has 1 aliphatic carbocycles. The first-order valence-corrected chi connectivity index (χ1v) is 4.75. The van der Waals surface area contributed by atoms with Gasteiger partial charge in [0.1, 0.15) is 0 Å². The molecule has 2 rings (SSSR count). The number of rotatable bonds is 1. The highest BCUT2D eigenvalue weighted by Crippen LogP contribution is 2.33. The van der Waals surface area contributed by atoms with Crippen molar-refractivity contribution in [3.63, 3.8) is 0 Å². The Balaban J connectivity index is 1.92. The van der Waals surface area contributed by atoms with Crippen LogP contribution in [0, 0.1) is 5.92 Å². The average molecular weight is 155 g/mol. The summed E-state index contributed by atoms with van der Waals surface area (Å²) in [4.78, 5) is 0. The van der Waals surface area contributed by atoms with Crippen molar-refractivity contribution in [3.05, 3.63) is 0 Å². The van der Waals surface area contributed by atoms with Gasteiger partial charge in [0.25, 0.3) is 0 Å². The maximum Gasteiger partial charge on any atom is 0.0754 e. The monoisotopic (exact) mass is 155 g/mol. The number of hydrogen-bond donors (Lipinski definition) is 1. The first-order chi connectivity index (χ1) is 5.38. The molecule has 0 amide bonds. The van der Waals surface area contributed by atoms with E-state index in [0.717, 1.165) is 18.9 Å². The van der Waals surface area contributed by atoms with Crippen molar-refractivity contribution in [2.75, 3.05) is 6.61 Å². The van der Waals surface area contributed by atoms with Gasteiger partial charge in [-0.15, -0.1) is 0 Å². The molecule has 2 fully saturated rings. The molecule has 2 nitrogen and oxygen atoms in total. The van der Waals surface area contributed by atoms with Gasteiger partial charge in [-0.2, -0.15) is 0 Å². The molecule has 0 aromatic heterocycles. The molecule has 2 heteroatoms. The van der Waals surface area contributed by atoms with Crippen molar-refractivity contribution in [2.45, 2.75) is 44.2 Å². The Morgan fingerprint density at radius 1 is 1.09 bits per heavy atom. The van der Waals surface area contributed by atoms with Gasteiger partial charge in [-0.1, -0.05) is 12.8 Å². The molecule has 1 saturated heterocycles. The molecule has 0 bridgehead atoms. The van der Waals surface area contributed by atoms with Crippen LogP contribution < -0.4 is 5.73 Å². The predicted octanol–water partition coefficient (Wildman–Crippen LogP) is 1.29. The third-order valence-electron chi connectivity index (χ3n) is 3.05. The largest absolute Gasteiger partial charge is 0.376 e. The summed E-state index contributed by atoms with van der Waals surface area (Å²) >= 11 is 0. The van der Waals surface area contributed by atoms with Gasteiger partial charge in [-0.3, -0.25) is 0 Å². The molecule has 1 heterocycles. The van der Waals surface area contributed by atoms with Gasteiger partial charge in [0.15, 0.2) is 0 Å². The molecule has 0 radical (unpaired) electrons. The van der Waals surface area contributed by atoms with E-state index in [-0.39, 0.29) is 0 Å². The van der Waals surface area contributed by atoms with Crippen LogP contribution in [0.25, 0.3) is 0 Å². The van der Waals surface area contributed by atoms with Crippen LogP contribution in [0.1, 0.15) is 32.1 Å². The lowest BCUT2D eigenvalue weighted by Crippen LogP contribution is -2.35. The second kappa shape index (κ2) is 3.11. The van der Waals surface area contributed by atoms with E-state index >= 15 is 0 Å². The van der Waals surface area contributed by atoms with Gasteiger partial charge in [0, 0.05) is 12.6 Å². The van der Waals surface area contributed by atoms with Gasteiger partial charge in [-0.05, 0) is 25.2 Å². The van der Waals surface area contributed by atoms with E-state index in [4.69, 9.17) is 10.5 Å². The molecule has 2 N–H and O–H groups in total. The SMILES string of the molecule is NC1CCOC1C1CCCC1. The molecule has 11 heavy (non-hydrogen) atoms. The fourth-order valence-corrected chi connectivity index (χ4v) is 2.40. The van der Waals surface area contributed by atoms with Crippen LogP contribution in [0.5, 0.6) is 0 Å². The van der Waals surface area contributed by atoms with Crippen LogP contribution >= 0.6 is 0 Å². The normalized spacial score (nSPS) is 40.1. The quantitative estimate of drug-likeness (QED) is 0.619. The number of hydrogen-bond acceptors (Lipinski definition) is 2. The van der Waals surface area contributed by atoms with Crippen LogP contribution in [0.3, 0.4) is 0 Å². The third-order valence-corrected chi connectivity index (χ3v) is 3.05. The van der Waals surface area contributed by atoms with Gasteiger partial charge < -0.3 is 10.5 Å². The molecular formula is C9H17NO. The molecular weight excluding hydrogens is 138 g/mol. The highest BCUT2D eigenvalue weighted by Gasteiger charge is 2.33. The Bertz CT molecular complexity index is 132. The van der Waals surface area contributed by atoms with Crippen molar-refractivity contribution in [1.29, 1.82) is 0 Å². The summed E-state index contributed by atoms with van der Waals surface area (Å²) < 4.78 is 5.62. The minimum atomic E-state index is 0.332. The highest BCUT2D eigenvalue weighted by atomic mass is 16.5. The Labute approximate surface area is 68.1 Å². The maximum absolute atomic E-state index is 5.93. The maximum atomic E-state index is 5.93. The predicted molar refractivity (Wildman–Crippen MR) is 44.3 cm³/mol.